The zero-order valence-electron chi connectivity index (χ0n) is 10.5. The van der Waals surface area contributed by atoms with Crippen molar-refractivity contribution in [1.82, 2.24) is 9.47 Å². The maximum Gasteiger partial charge on any atom is 0.183 e. The summed E-state index contributed by atoms with van der Waals surface area (Å²) in [6.07, 6.45) is 3.99. The van der Waals surface area contributed by atoms with Crippen LogP contribution < -0.4 is 0 Å². The highest BCUT2D eigenvalue weighted by atomic mass is 19.2. The van der Waals surface area contributed by atoms with E-state index in [1.165, 1.54) is 6.07 Å². The predicted octanol–water partition coefficient (Wildman–Crippen LogP) is 3.18. The summed E-state index contributed by atoms with van der Waals surface area (Å²) >= 11 is 0. The Hall–Kier alpha value is -1.42. The Morgan fingerprint density at radius 3 is 2.56 bits per heavy atom. The molecule has 0 N–H and O–H groups in total. The van der Waals surface area contributed by atoms with Crippen LogP contribution in [0.3, 0.4) is 0 Å². The van der Waals surface area contributed by atoms with Crippen molar-refractivity contribution in [1.29, 1.82) is 0 Å². The van der Waals surface area contributed by atoms with Gasteiger partial charge in [-0.1, -0.05) is 0 Å². The first-order chi connectivity index (χ1) is 8.59. The van der Waals surface area contributed by atoms with E-state index in [2.05, 4.69) is 4.90 Å². The van der Waals surface area contributed by atoms with Crippen molar-refractivity contribution in [3.8, 4) is 0 Å². The van der Waals surface area contributed by atoms with E-state index in [-0.39, 0.29) is 6.04 Å². The fourth-order valence-corrected chi connectivity index (χ4v) is 2.85. The Balaban J connectivity index is 2.10. The first-order valence-electron chi connectivity index (χ1n) is 6.20. The van der Waals surface area contributed by atoms with Crippen LogP contribution in [0.15, 0.2) is 24.4 Å². The van der Waals surface area contributed by atoms with E-state index in [0.29, 0.717) is 11.6 Å². The quantitative estimate of drug-likeness (QED) is 0.794. The molecule has 1 aliphatic rings. The number of halogens is 2. The van der Waals surface area contributed by atoms with Crippen LogP contribution in [0.25, 0.3) is 10.9 Å². The zero-order chi connectivity index (χ0) is 12.9. The molecule has 3 rings (SSSR count). The van der Waals surface area contributed by atoms with E-state index < -0.39 is 11.6 Å². The molecule has 0 saturated heterocycles. The van der Waals surface area contributed by atoms with Crippen LogP contribution >= 0.6 is 0 Å². The molecule has 1 aromatic carbocycles. The lowest BCUT2D eigenvalue weighted by molar-refractivity contribution is 0.116. The smallest absolute Gasteiger partial charge is 0.183 e. The molecule has 1 saturated carbocycles. The molecule has 0 aliphatic heterocycles. The highest BCUT2D eigenvalue weighted by Crippen LogP contribution is 2.38. The van der Waals surface area contributed by atoms with Gasteiger partial charge in [-0.25, -0.2) is 8.78 Å². The Labute approximate surface area is 105 Å². The Morgan fingerprint density at radius 1 is 1.17 bits per heavy atom. The second kappa shape index (κ2) is 4.05. The molecule has 1 aliphatic carbocycles. The van der Waals surface area contributed by atoms with Gasteiger partial charge in [-0.05, 0) is 45.1 Å². The third-order valence-corrected chi connectivity index (χ3v) is 4.00. The molecule has 18 heavy (non-hydrogen) atoms. The first-order valence-corrected chi connectivity index (χ1v) is 6.20. The van der Waals surface area contributed by atoms with Gasteiger partial charge in [-0.2, -0.15) is 0 Å². The number of fused-ring (bicyclic) bond motifs is 1. The van der Waals surface area contributed by atoms with Gasteiger partial charge in [-0.3, -0.25) is 0 Å². The number of hydrogen-bond donors (Lipinski definition) is 0. The summed E-state index contributed by atoms with van der Waals surface area (Å²) < 4.78 is 29.2. The summed E-state index contributed by atoms with van der Waals surface area (Å²) in [6, 6.07) is 5.32. The van der Waals surface area contributed by atoms with Crippen molar-refractivity contribution < 1.29 is 8.78 Å². The highest BCUT2D eigenvalue weighted by Gasteiger charge is 2.34. The average Bonchev–Trinajstić information content (AvgIpc) is 2.66. The third-order valence-electron chi connectivity index (χ3n) is 4.00. The van der Waals surface area contributed by atoms with E-state index in [1.54, 1.807) is 6.07 Å². The molecule has 96 valence electrons. The first kappa shape index (κ1) is 11.7. The van der Waals surface area contributed by atoms with E-state index in [1.807, 2.05) is 30.9 Å². The van der Waals surface area contributed by atoms with Gasteiger partial charge in [0.25, 0.3) is 0 Å². The lowest BCUT2D eigenvalue weighted by atomic mass is 9.85. The molecular weight excluding hydrogens is 234 g/mol. The van der Waals surface area contributed by atoms with Gasteiger partial charge in [0.05, 0.1) is 5.52 Å². The van der Waals surface area contributed by atoms with Crippen LogP contribution in [0.5, 0.6) is 0 Å². The van der Waals surface area contributed by atoms with Crippen LogP contribution in [0, 0.1) is 11.6 Å². The van der Waals surface area contributed by atoms with Crippen molar-refractivity contribution in [3.63, 3.8) is 0 Å². The second-order valence-corrected chi connectivity index (χ2v) is 5.20. The minimum absolute atomic E-state index is 0.244. The second-order valence-electron chi connectivity index (χ2n) is 5.20. The van der Waals surface area contributed by atoms with Crippen LogP contribution in [0.1, 0.15) is 18.9 Å². The average molecular weight is 250 g/mol. The summed E-state index contributed by atoms with van der Waals surface area (Å²) in [4.78, 5) is 2.15. The molecule has 1 aromatic heterocycles. The molecule has 0 amide bonds. The SMILES string of the molecule is CN(C)C1CCC1n1ccc2ccc(F)c(F)c21. The minimum atomic E-state index is -0.775. The molecule has 0 bridgehead atoms. The summed E-state index contributed by atoms with van der Waals surface area (Å²) in [7, 11) is 4.05. The van der Waals surface area contributed by atoms with Gasteiger partial charge in [0.15, 0.2) is 11.6 Å². The maximum atomic E-state index is 13.9. The molecule has 1 fully saturated rings. The standard InChI is InChI=1S/C14H16F2N2/c1-17(2)11-5-6-12(11)18-8-7-9-3-4-10(15)13(16)14(9)18/h3-4,7-8,11-12H,5-6H2,1-2H3. The molecule has 1 heterocycles. The number of hydrogen-bond acceptors (Lipinski definition) is 1. The number of rotatable bonds is 2. The minimum Gasteiger partial charge on any atom is -0.340 e. The van der Waals surface area contributed by atoms with Crippen molar-refractivity contribution in [2.24, 2.45) is 0 Å². The number of benzene rings is 1. The van der Waals surface area contributed by atoms with Crippen LogP contribution in [-0.4, -0.2) is 29.6 Å². The topological polar surface area (TPSA) is 8.17 Å². The molecule has 0 radical (unpaired) electrons. The van der Waals surface area contributed by atoms with Gasteiger partial charge in [0, 0.05) is 23.7 Å². The summed E-state index contributed by atoms with van der Waals surface area (Å²) in [5.41, 5.74) is 0.395. The molecule has 2 unspecified atom stereocenters. The number of likely N-dealkylation sites (N-methyl/N-ethyl adjacent to an activating group) is 1. The van der Waals surface area contributed by atoms with Crippen molar-refractivity contribution in [3.05, 3.63) is 36.0 Å². The molecule has 4 heteroatoms. The van der Waals surface area contributed by atoms with E-state index >= 15 is 0 Å². The Kier molecular flexibility index (Phi) is 2.63. The monoisotopic (exact) mass is 250 g/mol. The summed E-state index contributed by atoms with van der Waals surface area (Å²) in [5, 5.41) is 0.762. The lowest BCUT2D eigenvalue weighted by Gasteiger charge is -2.42. The number of nitrogens with zero attached hydrogens (tertiary/aromatic N) is 2. The van der Waals surface area contributed by atoms with Crippen molar-refractivity contribution >= 4 is 10.9 Å². The molecule has 2 nitrogen and oxygen atoms in total. The van der Waals surface area contributed by atoms with Crippen LogP contribution in [0.4, 0.5) is 8.78 Å². The van der Waals surface area contributed by atoms with E-state index in [9.17, 15) is 8.78 Å². The van der Waals surface area contributed by atoms with Crippen LogP contribution in [-0.2, 0) is 0 Å². The predicted molar refractivity (Wildman–Crippen MR) is 67.6 cm³/mol. The fraction of sp³-hybridized carbons (Fsp3) is 0.429. The largest absolute Gasteiger partial charge is 0.340 e. The van der Waals surface area contributed by atoms with E-state index in [0.717, 1.165) is 18.2 Å². The normalized spacial score (nSPS) is 23.6. The van der Waals surface area contributed by atoms with Crippen LogP contribution in [0.2, 0.25) is 0 Å². The van der Waals surface area contributed by atoms with Gasteiger partial charge in [-0.15, -0.1) is 0 Å². The summed E-state index contributed by atoms with van der Waals surface area (Å²) in [6.45, 7) is 0. The summed E-state index contributed by atoms with van der Waals surface area (Å²) in [5.74, 6) is -1.51. The van der Waals surface area contributed by atoms with Gasteiger partial charge >= 0.3 is 0 Å². The third kappa shape index (κ3) is 1.56. The van der Waals surface area contributed by atoms with Gasteiger partial charge in [0.1, 0.15) is 0 Å². The van der Waals surface area contributed by atoms with Gasteiger partial charge in [0.2, 0.25) is 0 Å². The fourth-order valence-electron chi connectivity index (χ4n) is 2.85. The molecule has 2 atom stereocenters. The molecule has 2 aromatic rings. The Morgan fingerprint density at radius 2 is 1.94 bits per heavy atom. The molecule has 0 spiro atoms. The lowest BCUT2D eigenvalue weighted by Crippen LogP contribution is -2.44. The molecular formula is C14H16F2N2. The Bertz CT molecular complexity index is 589. The number of aromatic nitrogens is 1. The zero-order valence-corrected chi connectivity index (χ0v) is 10.5. The van der Waals surface area contributed by atoms with Crippen molar-refractivity contribution in [2.75, 3.05) is 14.1 Å². The highest BCUT2D eigenvalue weighted by molar-refractivity contribution is 5.81. The van der Waals surface area contributed by atoms with Crippen molar-refractivity contribution in [2.45, 2.75) is 24.9 Å². The maximum absolute atomic E-state index is 13.9. The van der Waals surface area contributed by atoms with E-state index in [4.69, 9.17) is 0 Å². The van der Waals surface area contributed by atoms with Gasteiger partial charge < -0.3 is 9.47 Å².